The Hall–Kier alpha value is -2.21. The molecule has 0 unspecified atom stereocenters. The van der Waals surface area contributed by atoms with Gasteiger partial charge in [0.1, 0.15) is 6.10 Å². The molecule has 2 fully saturated rings. The zero-order valence-electron chi connectivity index (χ0n) is 13.4. The number of carboxylic acid groups (broad SMARTS) is 1. The molecule has 2 atom stereocenters. The number of piperidine rings is 1. The highest BCUT2D eigenvalue weighted by Crippen LogP contribution is 2.26. The lowest BCUT2D eigenvalue weighted by molar-refractivity contribution is -0.155. The number of carboxylic acids is 1. The van der Waals surface area contributed by atoms with Crippen LogP contribution in [-0.4, -0.2) is 53.0 Å². The Labute approximate surface area is 140 Å². The van der Waals surface area contributed by atoms with Crippen LogP contribution in [0.2, 0.25) is 0 Å². The van der Waals surface area contributed by atoms with Crippen molar-refractivity contribution in [3.8, 4) is 0 Å². The van der Waals surface area contributed by atoms with Gasteiger partial charge in [-0.05, 0) is 25.7 Å². The van der Waals surface area contributed by atoms with Crippen LogP contribution in [0.5, 0.6) is 0 Å². The Morgan fingerprint density at radius 2 is 1.58 bits per heavy atom. The first kappa shape index (κ1) is 16.6. The zero-order valence-corrected chi connectivity index (χ0v) is 13.4. The summed E-state index contributed by atoms with van der Waals surface area (Å²) in [6.45, 7) is 1.03. The number of likely N-dealkylation sites (tertiary alicyclic amines) is 1. The fourth-order valence-electron chi connectivity index (χ4n) is 3.40. The van der Waals surface area contributed by atoms with Gasteiger partial charge < -0.3 is 14.7 Å². The molecular weight excluding hydrogens is 310 g/mol. The topological polar surface area (TPSA) is 83.9 Å². The van der Waals surface area contributed by atoms with Crippen LogP contribution in [0.3, 0.4) is 0 Å². The number of benzene rings is 1. The molecule has 0 aromatic heterocycles. The number of ketones is 1. The van der Waals surface area contributed by atoms with E-state index in [9.17, 15) is 14.4 Å². The quantitative estimate of drug-likeness (QED) is 0.850. The van der Waals surface area contributed by atoms with Crippen molar-refractivity contribution in [3.63, 3.8) is 0 Å². The molecule has 1 aromatic carbocycles. The first-order valence-electron chi connectivity index (χ1n) is 8.32. The van der Waals surface area contributed by atoms with E-state index in [4.69, 9.17) is 9.84 Å². The molecule has 0 spiro atoms. The first-order chi connectivity index (χ1) is 11.6. The number of carbonyl (C=O) groups excluding carboxylic acids is 2. The van der Waals surface area contributed by atoms with E-state index in [2.05, 4.69) is 0 Å². The molecule has 24 heavy (non-hydrogen) atoms. The highest BCUT2D eigenvalue weighted by Gasteiger charge is 2.38. The summed E-state index contributed by atoms with van der Waals surface area (Å²) in [5.41, 5.74) is 0.714. The molecule has 6 nitrogen and oxygen atoms in total. The standard InChI is InChI=1S/C18H21NO5/c20-16(12-4-2-1-3-5-12)13-8-10-19(11-9-13)17(21)14-6-7-15(24-14)18(22)23/h1-5,13-15H,6-11H2,(H,22,23)/t14-,15+/m0/s1. The molecule has 2 saturated heterocycles. The number of ether oxygens (including phenoxy) is 1. The number of Topliss-reactive ketones (excluding diaryl/α,β-unsaturated/α-hetero) is 1. The van der Waals surface area contributed by atoms with E-state index >= 15 is 0 Å². The molecule has 2 aliphatic heterocycles. The van der Waals surface area contributed by atoms with Crippen molar-refractivity contribution in [2.24, 2.45) is 5.92 Å². The third-order valence-electron chi connectivity index (χ3n) is 4.81. The van der Waals surface area contributed by atoms with Crippen LogP contribution >= 0.6 is 0 Å². The molecule has 0 bridgehead atoms. The predicted molar refractivity (Wildman–Crippen MR) is 85.6 cm³/mol. The van der Waals surface area contributed by atoms with Gasteiger partial charge in [0.15, 0.2) is 11.9 Å². The SMILES string of the molecule is O=C(c1ccccc1)C1CCN(C(=O)[C@@H]2CC[C@H](C(=O)O)O2)CC1. The van der Waals surface area contributed by atoms with Crippen LogP contribution in [0.4, 0.5) is 0 Å². The van der Waals surface area contributed by atoms with Crippen molar-refractivity contribution < 1.29 is 24.2 Å². The number of carbonyl (C=O) groups is 3. The van der Waals surface area contributed by atoms with E-state index in [1.54, 1.807) is 4.90 Å². The second-order valence-corrected chi connectivity index (χ2v) is 6.36. The van der Waals surface area contributed by atoms with Gasteiger partial charge in [0.2, 0.25) is 0 Å². The maximum Gasteiger partial charge on any atom is 0.332 e. The molecular formula is C18H21NO5. The summed E-state index contributed by atoms with van der Waals surface area (Å²) in [6.07, 6.45) is 0.542. The fourth-order valence-corrected chi connectivity index (χ4v) is 3.40. The van der Waals surface area contributed by atoms with Crippen molar-refractivity contribution in [3.05, 3.63) is 35.9 Å². The second kappa shape index (κ2) is 7.13. The predicted octanol–water partition coefficient (Wildman–Crippen LogP) is 1.74. The van der Waals surface area contributed by atoms with E-state index < -0.39 is 18.2 Å². The first-order valence-corrected chi connectivity index (χ1v) is 8.32. The maximum absolute atomic E-state index is 12.5. The molecule has 6 heteroatoms. The summed E-state index contributed by atoms with van der Waals surface area (Å²) in [4.78, 5) is 37.5. The van der Waals surface area contributed by atoms with E-state index in [0.29, 0.717) is 44.3 Å². The third kappa shape index (κ3) is 3.48. The molecule has 0 radical (unpaired) electrons. The summed E-state index contributed by atoms with van der Waals surface area (Å²) in [5, 5.41) is 8.94. The number of amides is 1. The molecule has 1 N–H and O–H groups in total. The molecule has 1 amide bonds. The van der Waals surface area contributed by atoms with Gasteiger partial charge in [0.25, 0.3) is 5.91 Å². The molecule has 128 valence electrons. The maximum atomic E-state index is 12.5. The van der Waals surface area contributed by atoms with Crippen LogP contribution in [0.15, 0.2) is 30.3 Å². The van der Waals surface area contributed by atoms with Gasteiger partial charge >= 0.3 is 5.97 Å². The van der Waals surface area contributed by atoms with Crippen LogP contribution < -0.4 is 0 Å². The number of aliphatic carboxylic acids is 1. The van der Waals surface area contributed by atoms with Gasteiger partial charge in [-0.25, -0.2) is 4.79 Å². The van der Waals surface area contributed by atoms with E-state index in [1.807, 2.05) is 30.3 Å². The van der Waals surface area contributed by atoms with Crippen LogP contribution in [-0.2, 0) is 14.3 Å². The van der Waals surface area contributed by atoms with Gasteiger partial charge in [-0.2, -0.15) is 0 Å². The Kier molecular flexibility index (Phi) is 4.94. The Balaban J connectivity index is 1.53. The minimum absolute atomic E-state index is 0.0623. The van der Waals surface area contributed by atoms with Gasteiger partial charge in [-0.3, -0.25) is 9.59 Å². The highest BCUT2D eigenvalue weighted by atomic mass is 16.5. The number of rotatable bonds is 4. The molecule has 2 heterocycles. The van der Waals surface area contributed by atoms with Gasteiger partial charge in [-0.1, -0.05) is 30.3 Å². The van der Waals surface area contributed by atoms with Crippen molar-refractivity contribution in [1.29, 1.82) is 0 Å². The molecule has 0 aliphatic carbocycles. The van der Waals surface area contributed by atoms with Crippen LogP contribution in [0, 0.1) is 5.92 Å². The largest absolute Gasteiger partial charge is 0.479 e. The minimum atomic E-state index is -1.02. The van der Waals surface area contributed by atoms with Gasteiger partial charge in [0.05, 0.1) is 0 Å². The van der Waals surface area contributed by atoms with Gasteiger partial charge in [-0.15, -0.1) is 0 Å². The monoisotopic (exact) mass is 331 g/mol. The Morgan fingerprint density at radius 1 is 0.958 bits per heavy atom. The molecule has 1 aromatic rings. The van der Waals surface area contributed by atoms with Crippen molar-refractivity contribution in [2.45, 2.75) is 37.9 Å². The lowest BCUT2D eigenvalue weighted by atomic mass is 9.88. The average molecular weight is 331 g/mol. The lowest BCUT2D eigenvalue weighted by Crippen LogP contribution is -2.45. The van der Waals surface area contributed by atoms with Crippen molar-refractivity contribution >= 4 is 17.7 Å². The van der Waals surface area contributed by atoms with Crippen molar-refractivity contribution in [2.75, 3.05) is 13.1 Å². The Bertz CT molecular complexity index is 622. The summed E-state index contributed by atoms with van der Waals surface area (Å²) < 4.78 is 5.32. The van der Waals surface area contributed by atoms with E-state index in [0.717, 1.165) is 0 Å². The van der Waals surface area contributed by atoms with Crippen LogP contribution in [0.25, 0.3) is 0 Å². The zero-order chi connectivity index (χ0) is 17.1. The summed E-state index contributed by atoms with van der Waals surface area (Å²) >= 11 is 0. The number of nitrogens with zero attached hydrogens (tertiary/aromatic N) is 1. The van der Waals surface area contributed by atoms with Gasteiger partial charge in [0, 0.05) is 24.6 Å². The normalized spacial score (nSPS) is 24.8. The summed E-state index contributed by atoms with van der Waals surface area (Å²) in [5.74, 6) is -1.10. The lowest BCUT2D eigenvalue weighted by Gasteiger charge is -2.32. The number of hydrogen-bond acceptors (Lipinski definition) is 4. The van der Waals surface area contributed by atoms with Crippen LogP contribution in [0.1, 0.15) is 36.0 Å². The fraction of sp³-hybridized carbons (Fsp3) is 0.500. The smallest absolute Gasteiger partial charge is 0.332 e. The second-order valence-electron chi connectivity index (χ2n) is 6.36. The number of hydrogen-bond donors (Lipinski definition) is 1. The van der Waals surface area contributed by atoms with E-state index in [-0.39, 0.29) is 17.6 Å². The highest BCUT2D eigenvalue weighted by molar-refractivity contribution is 5.98. The summed E-state index contributed by atoms with van der Waals surface area (Å²) in [7, 11) is 0. The van der Waals surface area contributed by atoms with Crippen molar-refractivity contribution in [1.82, 2.24) is 4.90 Å². The molecule has 3 rings (SSSR count). The average Bonchev–Trinajstić information content (AvgIpc) is 3.12. The summed E-state index contributed by atoms with van der Waals surface area (Å²) in [6, 6.07) is 9.21. The molecule has 2 aliphatic rings. The van der Waals surface area contributed by atoms with E-state index in [1.165, 1.54) is 0 Å². The third-order valence-corrected chi connectivity index (χ3v) is 4.81. The Morgan fingerprint density at radius 3 is 2.17 bits per heavy atom. The minimum Gasteiger partial charge on any atom is -0.479 e. The molecule has 0 saturated carbocycles.